The van der Waals surface area contributed by atoms with E-state index >= 15 is 0 Å². The molecule has 1 aliphatic carbocycles. The summed E-state index contributed by atoms with van der Waals surface area (Å²) in [6.45, 7) is 14.3. The van der Waals surface area contributed by atoms with Gasteiger partial charge in [0.1, 0.15) is 12.8 Å². The van der Waals surface area contributed by atoms with Crippen LogP contribution in [0.1, 0.15) is 95.9 Å². The van der Waals surface area contributed by atoms with Crippen molar-refractivity contribution in [3.8, 4) is 5.75 Å². The van der Waals surface area contributed by atoms with Gasteiger partial charge in [-0.1, -0.05) is 141 Å². The Hall–Kier alpha value is -6.71. The highest BCUT2D eigenvalue weighted by Gasteiger charge is 2.58. The van der Waals surface area contributed by atoms with E-state index in [0.717, 1.165) is 46.7 Å². The van der Waals surface area contributed by atoms with Crippen molar-refractivity contribution in [1.29, 1.82) is 0 Å². The summed E-state index contributed by atoms with van der Waals surface area (Å²) in [6, 6.07) is 47.1. The zero-order valence-electron chi connectivity index (χ0n) is 44.4. The van der Waals surface area contributed by atoms with Crippen LogP contribution in [-0.2, 0) is 26.4 Å². The molecule has 7 nitrogen and oxygen atoms in total. The summed E-state index contributed by atoms with van der Waals surface area (Å²) in [6.07, 6.45) is 17.5. The molecule has 75 heavy (non-hydrogen) atoms. The number of benzene rings is 7. The molecule has 0 saturated heterocycles. The number of likely N-dealkylation sites (N-methyl/N-ethyl adjacent to an activating group) is 1. The number of fused-ring (bicyclic) bond motifs is 10. The van der Waals surface area contributed by atoms with Crippen molar-refractivity contribution in [2.24, 2.45) is 0 Å². The second-order valence-corrected chi connectivity index (χ2v) is 24.4. The first-order valence-electron chi connectivity index (χ1n) is 26.4. The molecule has 0 bridgehead atoms. The average Bonchev–Trinajstić information content (AvgIpc) is 3.83. The van der Waals surface area contributed by atoms with Crippen LogP contribution in [0.25, 0.3) is 38.4 Å². The van der Waals surface area contributed by atoms with E-state index < -0.39 is 15.8 Å². The summed E-state index contributed by atoms with van der Waals surface area (Å²) in [4.78, 5) is 4.59. The van der Waals surface area contributed by atoms with Crippen molar-refractivity contribution in [2.45, 2.75) is 95.6 Å². The molecular formula is C66H66ClN3O4S. The minimum atomic E-state index is -4.21. The van der Waals surface area contributed by atoms with Gasteiger partial charge < -0.3 is 19.1 Å². The quantitative estimate of drug-likeness (QED) is 0.0857. The van der Waals surface area contributed by atoms with Crippen LogP contribution in [0, 0.1) is 0 Å². The van der Waals surface area contributed by atoms with Crippen LogP contribution in [0.15, 0.2) is 186 Å². The number of hydrogen-bond acceptors (Lipinski definition) is 6. The topological polar surface area (TPSA) is 75.9 Å². The maximum absolute atomic E-state index is 11.1. The molecule has 1 unspecified atom stereocenters. The lowest BCUT2D eigenvalue weighted by molar-refractivity contribution is -0.401. The molecule has 0 saturated carbocycles. The third-order valence-electron chi connectivity index (χ3n) is 17.0. The van der Waals surface area contributed by atoms with Gasteiger partial charge in [0.2, 0.25) is 11.4 Å². The number of nitrogens with zero attached hydrogens (tertiary/aromatic N) is 3. The first-order valence-corrected chi connectivity index (χ1v) is 28.4. The number of allylic oxidation sites excluding steroid dienone is 8. The summed E-state index contributed by atoms with van der Waals surface area (Å²) < 4.78 is 42.4. The highest BCUT2D eigenvalue weighted by atomic mass is 35.5. The molecule has 0 N–H and O–H groups in total. The fraction of sp³-hybridized carbons (Fsp3) is 0.288. The molecule has 12 rings (SSSR count). The normalized spacial score (nSPS) is 21.1. The number of para-hydroxylation sites is 1. The first-order chi connectivity index (χ1) is 35.8. The summed E-state index contributed by atoms with van der Waals surface area (Å²) in [5.74, 6) is 0.490. The van der Waals surface area contributed by atoms with Crippen LogP contribution in [0.2, 0.25) is 0 Å². The van der Waals surface area contributed by atoms with E-state index in [0.29, 0.717) is 19.4 Å². The lowest BCUT2D eigenvalue weighted by Crippen LogP contribution is -2.59. The van der Waals surface area contributed by atoms with Gasteiger partial charge in [-0.05, 0) is 157 Å². The van der Waals surface area contributed by atoms with Crippen molar-refractivity contribution in [2.75, 3.05) is 36.2 Å². The van der Waals surface area contributed by atoms with Gasteiger partial charge in [-0.25, -0.2) is 8.42 Å². The van der Waals surface area contributed by atoms with Gasteiger partial charge in [-0.2, -0.15) is 4.58 Å². The van der Waals surface area contributed by atoms with Gasteiger partial charge in [0, 0.05) is 70.1 Å². The Labute approximate surface area is 448 Å². The molecule has 382 valence electrons. The molecule has 1 atom stereocenters. The van der Waals surface area contributed by atoms with E-state index in [2.05, 4.69) is 210 Å². The summed E-state index contributed by atoms with van der Waals surface area (Å²) in [5.41, 5.74) is 12.5. The maximum atomic E-state index is 11.1. The average molecular weight is 1030 g/mol. The van der Waals surface area contributed by atoms with Gasteiger partial charge in [0.15, 0.2) is 5.71 Å². The van der Waals surface area contributed by atoms with Crippen LogP contribution in [0.3, 0.4) is 0 Å². The second kappa shape index (κ2) is 18.8. The SMILES string of the molecule is CC1(C)c2ccccc2N(CCCCS(=O)(=O)[O-])C12C=Cc1c(ccc3ccccc13)O2.CN1C(=CC=C2CCCC(C=CC3=[N+](C)c4ccc5ccccc5c4C3(C)C)=C2Cl)C(C)(C)c2c1ccc1ccccc21. The van der Waals surface area contributed by atoms with Crippen molar-refractivity contribution in [3.05, 3.63) is 208 Å². The fourth-order valence-electron chi connectivity index (χ4n) is 13.2. The predicted molar refractivity (Wildman–Crippen MR) is 312 cm³/mol. The molecule has 0 aromatic heterocycles. The zero-order valence-corrected chi connectivity index (χ0v) is 45.9. The second-order valence-electron chi connectivity index (χ2n) is 22.5. The van der Waals surface area contributed by atoms with Crippen molar-refractivity contribution in [1.82, 2.24) is 0 Å². The van der Waals surface area contributed by atoms with Crippen LogP contribution < -0.4 is 14.5 Å². The summed E-state index contributed by atoms with van der Waals surface area (Å²) in [7, 11) is 0.173. The van der Waals surface area contributed by atoms with Gasteiger partial charge in [0.05, 0.1) is 20.9 Å². The molecule has 4 heterocycles. The number of halogens is 1. The Morgan fingerprint density at radius 3 is 2.04 bits per heavy atom. The molecule has 1 spiro atoms. The lowest BCUT2D eigenvalue weighted by atomic mass is 9.76. The highest BCUT2D eigenvalue weighted by Crippen LogP contribution is 2.56. The first kappa shape index (κ1) is 50.4. The Morgan fingerprint density at radius 1 is 0.693 bits per heavy atom. The van der Waals surface area contributed by atoms with Crippen LogP contribution in [-0.4, -0.2) is 55.4 Å². The van der Waals surface area contributed by atoms with E-state index in [1.807, 2.05) is 30.3 Å². The van der Waals surface area contributed by atoms with Crippen molar-refractivity contribution in [3.63, 3.8) is 0 Å². The van der Waals surface area contributed by atoms with E-state index in [1.54, 1.807) is 0 Å². The maximum Gasteiger partial charge on any atom is 0.212 e. The van der Waals surface area contributed by atoms with Gasteiger partial charge in [-0.3, -0.25) is 0 Å². The molecule has 7 aromatic rings. The van der Waals surface area contributed by atoms with Gasteiger partial charge >= 0.3 is 0 Å². The van der Waals surface area contributed by atoms with E-state index in [4.69, 9.17) is 16.3 Å². The molecule has 0 fully saturated rings. The van der Waals surface area contributed by atoms with Gasteiger partial charge in [0.25, 0.3) is 0 Å². The standard InChI is InChI=1S/C40H40ClN2.C26H27NO4S/c1-39(2)34(42(5)32-22-18-26-12-7-9-16-30(26)36(32)39)24-20-28-14-11-15-29(38(28)41)21-25-35-40(3,4)37-31-17-10-8-13-27(31)19-23-33(37)43(35)6;1-25(2)22-11-5-6-12-23(22)27(17-7-8-18-32(28,29)30)26(25)16-15-21-20-10-4-3-9-19(20)13-14-24(21)31-26/h7-10,12-13,16-25H,11,14-15H2,1-6H3;3-6,9-16H,7-8,17-18H2,1-2H3,(H,28,29,30)/q+1;/p-1. The van der Waals surface area contributed by atoms with E-state index in [-0.39, 0.29) is 22.0 Å². The van der Waals surface area contributed by atoms with E-state index in [9.17, 15) is 13.0 Å². The monoisotopic (exact) mass is 1030 g/mol. The Balaban J connectivity index is 0.000000168. The molecule has 4 aliphatic heterocycles. The van der Waals surface area contributed by atoms with Crippen LogP contribution in [0.4, 0.5) is 17.1 Å². The van der Waals surface area contributed by atoms with Gasteiger partial charge in [-0.15, -0.1) is 0 Å². The fourth-order valence-corrected chi connectivity index (χ4v) is 14.0. The molecule has 9 heteroatoms. The summed E-state index contributed by atoms with van der Waals surface area (Å²) >= 11 is 7.16. The van der Waals surface area contributed by atoms with E-state index in [1.165, 1.54) is 77.6 Å². The number of unbranched alkanes of at least 4 members (excludes halogenated alkanes) is 1. The Kier molecular flexibility index (Phi) is 12.7. The smallest absolute Gasteiger partial charge is 0.212 e. The molecule has 5 aliphatic rings. The minimum absolute atomic E-state index is 0.107. The van der Waals surface area contributed by atoms with Crippen LogP contribution in [0.5, 0.6) is 5.75 Å². The number of anilines is 2. The minimum Gasteiger partial charge on any atom is -0.748 e. The van der Waals surface area contributed by atoms with Crippen LogP contribution >= 0.6 is 11.6 Å². The molecular weight excluding hydrogens is 966 g/mol. The predicted octanol–water partition coefficient (Wildman–Crippen LogP) is 15.5. The number of rotatable bonds is 8. The summed E-state index contributed by atoms with van der Waals surface area (Å²) in [5, 5.41) is 8.48. The number of hydrogen-bond donors (Lipinski definition) is 0. The highest BCUT2D eigenvalue weighted by molar-refractivity contribution is 7.85. The lowest BCUT2D eigenvalue weighted by Gasteiger charge is -2.47. The molecule has 0 radical (unpaired) electrons. The largest absolute Gasteiger partial charge is 0.748 e. The third kappa shape index (κ3) is 8.45. The Morgan fingerprint density at radius 2 is 1.32 bits per heavy atom. The van der Waals surface area contributed by atoms with Crippen molar-refractivity contribution >= 4 is 82.9 Å². The zero-order chi connectivity index (χ0) is 52.7. The Bertz CT molecular complexity index is 3800. The third-order valence-corrected chi connectivity index (χ3v) is 18.3. The van der Waals surface area contributed by atoms with Crippen molar-refractivity contribution < 1.29 is 22.3 Å². The molecule has 7 aromatic carbocycles. The number of ether oxygens (including phenoxy) is 1. The molecule has 0 amide bonds.